The highest BCUT2D eigenvalue weighted by molar-refractivity contribution is 5.25. The van der Waals surface area contributed by atoms with Gasteiger partial charge in [0.15, 0.2) is 0 Å². The maximum Gasteiger partial charge on any atom is 0.137 e. The lowest BCUT2D eigenvalue weighted by atomic mass is 10.1. The van der Waals surface area contributed by atoms with E-state index < -0.39 is 17.7 Å². The number of furan rings is 1. The van der Waals surface area contributed by atoms with E-state index in [9.17, 15) is 13.9 Å². The fourth-order valence-corrected chi connectivity index (χ4v) is 1.34. The SMILES string of the molecule is O[C@@H](c1cc(F)cc(F)c1)c1ccco1. The van der Waals surface area contributed by atoms with Gasteiger partial charge in [0.05, 0.1) is 6.26 Å². The Morgan fingerprint density at radius 3 is 2.33 bits per heavy atom. The zero-order chi connectivity index (χ0) is 10.8. The second kappa shape index (κ2) is 3.82. The van der Waals surface area contributed by atoms with Crippen LogP contribution in [0.3, 0.4) is 0 Å². The molecule has 1 aromatic carbocycles. The number of benzene rings is 1. The van der Waals surface area contributed by atoms with Crippen molar-refractivity contribution in [1.82, 2.24) is 0 Å². The maximum absolute atomic E-state index is 12.8. The first-order valence-electron chi connectivity index (χ1n) is 4.34. The van der Waals surface area contributed by atoms with Crippen LogP contribution in [-0.2, 0) is 0 Å². The van der Waals surface area contributed by atoms with Gasteiger partial charge >= 0.3 is 0 Å². The molecule has 15 heavy (non-hydrogen) atoms. The van der Waals surface area contributed by atoms with Gasteiger partial charge < -0.3 is 9.52 Å². The normalized spacial score (nSPS) is 12.7. The third-order valence-electron chi connectivity index (χ3n) is 2.01. The number of aliphatic hydroxyl groups excluding tert-OH is 1. The van der Waals surface area contributed by atoms with Gasteiger partial charge in [0.1, 0.15) is 23.5 Å². The molecule has 0 saturated heterocycles. The summed E-state index contributed by atoms with van der Waals surface area (Å²) in [5, 5.41) is 9.70. The van der Waals surface area contributed by atoms with Crippen molar-refractivity contribution in [3.63, 3.8) is 0 Å². The van der Waals surface area contributed by atoms with Crippen molar-refractivity contribution < 1.29 is 18.3 Å². The van der Waals surface area contributed by atoms with Gasteiger partial charge in [0.2, 0.25) is 0 Å². The molecule has 78 valence electrons. The molecule has 2 nitrogen and oxygen atoms in total. The van der Waals surface area contributed by atoms with Gasteiger partial charge in [-0.15, -0.1) is 0 Å². The van der Waals surface area contributed by atoms with Crippen molar-refractivity contribution in [2.45, 2.75) is 6.10 Å². The van der Waals surface area contributed by atoms with E-state index in [-0.39, 0.29) is 11.3 Å². The number of aliphatic hydroxyl groups is 1. The number of rotatable bonds is 2. The first-order valence-corrected chi connectivity index (χ1v) is 4.34. The minimum Gasteiger partial charge on any atom is -0.466 e. The second-order valence-electron chi connectivity index (χ2n) is 3.12. The zero-order valence-corrected chi connectivity index (χ0v) is 7.65. The minimum absolute atomic E-state index is 0.127. The van der Waals surface area contributed by atoms with Crippen molar-refractivity contribution in [2.75, 3.05) is 0 Å². The summed E-state index contributed by atoms with van der Waals surface area (Å²) in [6.45, 7) is 0. The highest BCUT2D eigenvalue weighted by Crippen LogP contribution is 2.23. The van der Waals surface area contributed by atoms with Crippen LogP contribution in [0.2, 0.25) is 0 Å². The van der Waals surface area contributed by atoms with E-state index >= 15 is 0 Å². The summed E-state index contributed by atoms with van der Waals surface area (Å²) in [6.07, 6.45) is 0.235. The Labute approximate surface area is 84.8 Å². The summed E-state index contributed by atoms with van der Waals surface area (Å²) < 4.78 is 30.6. The van der Waals surface area contributed by atoms with E-state index in [0.717, 1.165) is 18.2 Å². The minimum atomic E-state index is -1.15. The Bertz CT molecular complexity index is 431. The number of hydrogen-bond donors (Lipinski definition) is 1. The smallest absolute Gasteiger partial charge is 0.137 e. The van der Waals surface area contributed by atoms with Crippen molar-refractivity contribution in [1.29, 1.82) is 0 Å². The van der Waals surface area contributed by atoms with Gasteiger partial charge in [-0.1, -0.05) is 0 Å². The predicted octanol–water partition coefficient (Wildman–Crippen LogP) is 2.64. The van der Waals surface area contributed by atoms with Gasteiger partial charge in [0.25, 0.3) is 0 Å². The van der Waals surface area contributed by atoms with Gasteiger partial charge in [-0.3, -0.25) is 0 Å². The van der Waals surface area contributed by atoms with Crippen molar-refractivity contribution in [3.8, 4) is 0 Å². The lowest BCUT2D eigenvalue weighted by Gasteiger charge is -2.07. The second-order valence-corrected chi connectivity index (χ2v) is 3.12. The molecule has 0 aliphatic heterocycles. The molecule has 0 bridgehead atoms. The molecule has 0 aliphatic carbocycles. The van der Waals surface area contributed by atoms with Gasteiger partial charge in [-0.2, -0.15) is 0 Å². The molecule has 0 radical (unpaired) electrons. The summed E-state index contributed by atoms with van der Waals surface area (Å²) in [5.74, 6) is -1.20. The van der Waals surface area contributed by atoms with E-state index in [0.29, 0.717) is 0 Å². The fraction of sp³-hybridized carbons (Fsp3) is 0.0909. The van der Waals surface area contributed by atoms with Crippen LogP contribution in [0.4, 0.5) is 8.78 Å². The molecule has 0 spiro atoms. The molecule has 0 unspecified atom stereocenters. The van der Waals surface area contributed by atoms with Crippen LogP contribution in [0, 0.1) is 11.6 Å². The molecule has 0 aliphatic rings. The lowest BCUT2D eigenvalue weighted by Crippen LogP contribution is -1.99. The Morgan fingerprint density at radius 1 is 1.13 bits per heavy atom. The quantitative estimate of drug-likeness (QED) is 0.826. The molecule has 1 atom stereocenters. The molecule has 1 heterocycles. The first kappa shape index (κ1) is 9.86. The van der Waals surface area contributed by atoms with Crippen LogP contribution >= 0.6 is 0 Å². The average molecular weight is 210 g/mol. The average Bonchev–Trinajstić information content (AvgIpc) is 2.67. The highest BCUT2D eigenvalue weighted by atomic mass is 19.1. The summed E-state index contributed by atoms with van der Waals surface area (Å²) in [6, 6.07) is 6.01. The largest absolute Gasteiger partial charge is 0.466 e. The summed E-state index contributed by atoms with van der Waals surface area (Å²) in [4.78, 5) is 0. The Morgan fingerprint density at radius 2 is 1.80 bits per heavy atom. The molecule has 2 rings (SSSR count). The third kappa shape index (κ3) is 2.05. The van der Waals surface area contributed by atoms with Crippen LogP contribution in [-0.4, -0.2) is 5.11 Å². The van der Waals surface area contributed by atoms with Gasteiger partial charge in [-0.05, 0) is 29.8 Å². The van der Waals surface area contributed by atoms with Crippen molar-refractivity contribution >= 4 is 0 Å². The van der Waals surface area contributed by atoms with E-state index in [1.165, 1.54) is 12.3 Å². The standard InChI is InChI=1S/C11H8F2O2/c12-8-4-7(5-9(13)6-8)11(14)10-2-1-3-15-10/h1-6,11,14H/t11-/m0/s1. The van der Waals surface area contributed by atoms with Crippen LogP contribution in [0.15, 0.2) is 41.0 Å². The van der Waals surface area contributed by atoms with E-state index in [1.54, 1.807) is 6.07 Å². The third-order valence-corrected chi connectivity index (χ3v) is 2.01. The Kier molecular flexibility index (Phi) is 2.51. The molecular formula is C11H8F2O2. The molecule has 0 saturated carbocycles. The number of halogens is 2. The molecule has 2 aromatic rings. The monoisotopic (exact) mass is 210 g/mol. The zero-order valence-electron chi connectivity index (χ0n) is 7.65. The van der Waals surface area contributed by atoms with Crippen LogP contribution < -0.4 is 0 Å². The molecule has 4 heteroatoms. The van der Waals surface area contributed by atoms with E-state index in [4.69, 9.17) is 4.42 Å². The van der Waals surface area contributed by atoms with Crippen molar-refractivity contribution in [3.05, 3.63) is 59.6 Å². The van der Waals surface area contributed by atoms with E-state index in [1.807, 2.05) is 0 Å². The first-order chi connectivity index (χ1) is 7.16. The molecule has 0 amide bonds. The van der Waals surface area contributed by atoms with Crippen LogP contribution in [0.25, 0.3) is 0 Å². The predicted molar refractivity (Wildman–Crippen MR) is 49.1 cm³/mol. The maximum atomic E-state index is 12.8. The summed E-state index contributed by atoms with van der Waals surface area (Å²) >= 11 is 0. The fourth-order valence-electron chi connectivity index (χ4n) is 1.34. The topological polar surface area (TPSA) is 33.4 Å². The Hall–Kier alpha value is -1.68. The summed E-state index contributed by atoms with van der Waals surface area (Å²) in [7, 11) is 0. The van der Waals surface area contributed by atoms with Crippen LogP contribution in [0.5, 0.6) is 0 Å². The van der Waals surface area contributed by atoms with Crippen molar-refractivity contribution in [2.24, 2.45) is 0 Å². The van der Waals surface area contributed by atoms with E-state index in [2.05, 4.69) is 0 Å². The molecular weight excluding hydrogens is 202 g/mol. The molecule has 1 N–H and O–H groups in total. The Balaban J connectivity index is 2.37. The number of hydrogen-bond acceptors (Lipinski definition) is 2. The summed E-state index contributed by atoms with van der Waals surface area (Å²) in [5.41, 5.74) is 0.127. The van der Waals surface area contributed by atoms with Gasteiger partial charge in [-0.25, -0.2) is 8.78 Å². The molecule has 1 aromatic heterocycles. The van der Waals surface area contributed by atoms with Gasteiger partial charge in [0, 0.05) is 6.07 Å². The molecule has 0 fully saturated rings. The lowest BCUT2D eigenvalue weighted by molar-refractivity contribution is 0.188. The highest BCUT2D eigenvalue weighted by Gasteiger charge is 2.14. The van der Waals surface area contributed by atoms with Crippen LogP contribution in [0.1, 0.15) is 17.4 Å².